The third kappa shape index (κ3) is 4.48. The molecule has 0 radical (unpaired) electrons. The molecule has 0 amide bonds. The van der Waals surface area contributed by atoms with Crippen LogP contribution < -0.4 is 10.1 Å². The maximum atomic E-state index is 5.79. The topological polar surface area (TPSA) is 30.5 Å². The molecule has 1 fully saturated rings. The lowest BCUT2D eigenvalue weighted by atomic mass is 10.1. The van der Waals surface area contributed by atoms with Crippen molar-refractivity contribution >= 4 is 12.4 Å². The number of hydrogen-bond acceptors (Lipinski definition) is 3. The zero-order valence-corrected chi connectivity index (χ0v) is 12.0. The van der Waals surface area contributed by atoms with Gasteiger partial charge in [0.05, 0.1) is 19.3 Å². The van der Waals surface area contributed by atoms with Gasteiger partial charge in [0.1, 0.15) is 11.4 Å². The lowest BCUT2D eigenvalue weighted by Gasteiger charge is -2.25. The van der Waals surface area contributed by atoms with Crippen LogP contribution >= 0.6 is 12.4 Å². The highest BCUT2D eigenvalue weighted by atomic mass is 35.5. The molecule has 1 aliphatic heterocycles. The van der Waals surface area contributed by atoms with E-state index >= 15 is 0 Å². The standard InChI is InChI=1S/C14H21NO2.ClH/c1-14(2,3)17-12-6-4-11(5-7-12)13-10-16-9-8-15-13;/h4-7,13,15H,8-10H2,1-3H3;1H/t13-;/m1./s1. The molecule has 1 atom stereocenters. The van der Waals surface area contributed by atoms with Crippen molar-refractivity contribution < 1.29 is 9.47 Å². The van der Waals surface area contributed by atoms with Crippen molar-refractivity contribution in [2.24, 2.45) is 0 Å². The van der Waals surface area contributed by atoms with Crippen LogP contribution in [-0.4, -0.2) is 25.4 Å². The van der Waals surface area contributed by atoms with Crippen molar-refractivity contribution in [1.29, 1.82) is 0 Å². The highest BCUT2D eigenvalue weighted by Gasteiger charge is 2.16. The third-order valence-electron chi connectivity index (χ3n) is 2.63. The predicted octanol–water partition coefficient (Wildman–Crippen LogP) is 2.95. The third-order valence-corrected chi connectivity index (χ3v) is 2.63. The Morgan fingerprint density at radius 3 is 2.39 bits per heavy atom. The fourth-order valence-electron chi connectivity index (χ4n) is 1.90. The first kappa shape index (κ1) is 15.3. The molecule has 2 rings (SSSR count). The van der Waals surface area contributed by atoms with Crippen LogP contribution in [-0.2, 0) is 4.74 Å². The number of ether oxygens (including phenoxy) is 2. The summed E-state index contributed by atoms with van der Waals surface area (Å²) in [5.41, 5.74) is 1.11. The Balaban J connectivity index is 0.00000162. The molecule has 18 heavy (non-hydrogen) atoms. The summed E-state index contributed by atoms with van der Waals surface area (Å²) in [6, 6.07) is 8.57. The summed E-state index contributed by atoms with van der Waals surface area (Å²) in [6.07, 6.45) is 0. The van der Waals surface area contributed by atoms with Crippen LogP contribution in [0.1, 0.15) is 32.4 Å². The first-order valence-corrected chi connectivity index (χ1v) is 6.15. The number of rotatable bonds is 2. The minimum atomic E-state index is -0.145. The molecule has 1 heterocycles. The molecule has 0 spiro atoms. The SMILES string of the molecule is CC(C)(C)Oc1ccc([C@H]2COCCN2)cc1.Cl. The number of nitrogens with one attached hydrogen (secondary N) is 1. The van der Waals surface area contributed by atoms with E-state index in [9.17, 15) is 0 Å². The van der Waals surface area contributed by atoms with Gasteiger partial charge in [-0.1, -0.05) is 12.1 Å². The van der Waals surface area contributed by atoms with Gasteiger partial charge in [0.15, 0.2) is 0 Å². The van der Waals surface area contributed by atoms with Gasteiger partial charge in [-0.15, -0.1) is 12.4 Å². The number of benzene rings is 1. The summed E-state index contributed by atoms with van der Waals surface area (Å²) in [4.78, 5) is 0. The zero-order valence-electron chi connectivity index (χ0n) is 11.2. The first-order chi connectivity index (χ1) is 8.04. The van der Waals surface area contributed by atoms with Crippen molar-refractivity contribution in [2.75, 3.05) is 19.8 Å². The summed E-state index contributed by atoms with van der Waals surface area (Å²) in [7, 11) is 0. The molecule has 1 saturated heterocycles. The van der Waals surface area contributed by atoms with Crippen molar-refractivity contribution in [3.05, 3.63) is 29.8 Å². The van der Waals surface area contributed by atoms with E-state index in [-0.39, 0.29) is 18.0 Å². The molecule has 1 aromatic rings. The molecule has 1 N–H and O–H groups in total. The van der Waals surface area contributed by atoms with Gasteiger partial charge in [-0.05, 0) is 38.5 Å². The normalized spacial score (nSPS) is 20.1. The Labute approximate surface area is 115 Å². The lowest BCUT2D eigenvalue weighted by molar-refractivity contribution is 0.0768. The number of halogens is 1. The Kier molecular flexibility index (Phi) is 5.45. The second-order valence-electron chi connectivity index (χ2n) is 5.37. The molecule has 0 saturated carbocycles. The van der Waals surface area contributed by atoms with Crippen LogP contribution in [0.15, 0.2) is 24.3 Å². The quantitative estimate of drug-likeness (QED) is 0.897. The van der Waals surface area contributed by atoms with E-state index in [4.69, 9.17) is 9.47 Å². The highest BCUT2D eigenvalue weighted by Crippen LogP contribution is 2.22. The minimum Gasteiger partial charge on any atom is -0.488 e. The predicted molar refractivity (Wildman–Crippen MR) is 75.6 cm³/mol. The molecule has 102 valence electrons. The van der Waals surface area contributed by atoms with Gasteiger partial charge in [-0.25, -0.2) is 0 Å². The van der Waals surface area contributed by atoms with Crippen molar-refractivity contribution in [3.8, 4) is 5.75 Å². The van der Waals surface area contributed by atoms with Crippen LogP contribution in [0.2, 0.25) is 0 Å². The van der Waals surface area contributed by atoms with Crippen LogP contribution in [0.3, 0.4) is 0 Å². The first-order valence-electron chi connectivity index (χ1n) is 6.15. The summed E-state index contributed by atoms with van der Waals surface area (Å²) in [5, 5.41) is 3.44. The maximum Gasteiger partial charge on any atom is 0.120 e. The van der Waals surface area contributed by atoms with Gasteiger partial charge in [-0.2, -0.15) is 0 Å². The maximum absolute atomic E-state index is 5.79. The van der Waals surface area contributed by atoms with Crippen molar-refractivity contribution in [3.63, 3.8) is 0 Å². The Bertz CT molecular complexity index is 353. The largest absolute Gasteiger partial charge is 0.488 e. The molecular formula is C14H22ClNO2. The fourth-order valence-corrected chi connectivity index (χ4v) is 1.90. The fraction of sp³-hybridized carbons (Fsp3) is 0.571. The Morgan fingerprint density at radius 1 is 1.22 bits per heavy atom. The average molecular weight is 272 g/mol. The summed E-state index contributed by atoms with van der Waals surface area (Å²) >= 11 is 0. The van der Waals surface area contributed by atoms with E-state index in [0.717, 1.165) is 25.5 Å². The molecule has 1 aromatic carbocycles. The van der Waals surface area contributed by atoms with Crippen LogP contribution in [0, 0.1) is 0 Å². The van der Waals surface area contributed by atoms with Crippen molar-refractivity contribution in [1.82, 2.24) is 5.32 Å². The van der Waals surface area contributed by atoms with E-state index in [2.05, 4.69) is 38.2 Å². The van der Waals surface area contributed by atoms with Gasteiger partial charge < -0.3 is 14.8 Å². The number of hydrogen-bond donors (Lipinski definition) is 1. The monoisotopic (exact) mass is 271 g/mol. The second-order valence-corrected chi connectivity index (χ2v) is 5.37. The Morgan fingerprint density at radius 2 is 1.89 bits per heavy atom. The Hall–Kier alpha value is -0.770. The molecule has 0 aliphatic carbocycles. The average Bonchev–Trinajstić information content (AvgIpc) is 2.29. The summed E-state index contributed by atoms with van der Waals surface area (Å²) in [5.74, 6) is 0.915. The molecule has 4 heteroatoms. The van der Waals surface area contributed by atoms with E-state index in [1.54, 1.807) is 0 Å². The van der Waals surface area contributed by atoms with Gasteiger partial charge in [0.2, 0.25) is 0 Å². The van der Waals surface area contributed by atoms with Crippen molar-refractivity contribution in [2.45, 2.75) is 32.4 Å². The summed E-state index contributed by atoms with van der Waals surface area (Å²) < 4.78 is 11.2. The van der Waals surface area contributed by atoms with Gasteiger partial charge in [0.25, 0.3) is 0 Å². The number of morpholine rings is 1. The van der Waals surface area contributed by atoms with Crippen LogP contribution in [0.4, 0.5) is 0 Å². The second kappa shape index (κ2) is 6.41. The molecule has 1 aliphatic rings. The van der Waals surface area contributed by atoms with Gasteiger partial charge in [0, 0.05) is 6.54 Å². The van der Waals surface area contributed by atoms with Gasteiger partial charge in [-0.3, -0.25) is 0 Å². The van der Waals surface area contributed by atoms with Gasteiger partial charge >= 0.3 is 0 Å². The molecule has 3 nitrogen and oxygen atoms in total. The van der Waals surface area contributed by atoms with E-state index in [1.165, 1.54) is 5.56 Å². The lowest BCUT2D eigenvalue weighted by Crippen LogP contribution is -2.34. The summed E-state index contributed by atoms with van der Waals surface area (Å²) in [6.45, 7) is 8.64. The van der Waals surface area contributed by atoms with E-state index in [0.29, 0.717) is 6.04 Å². The zero-order chi connectivity index (χ0) is 12.3. The minimum absolute atomic E-state index is 0. The molecule has 0 bridgehead atoms. The van der Waals surface area contributed by atoms with E-state index in [1.807, 2.05) is 12.1 Å². The van der Waals surface area contributed by atoms with E-state index < -0.39 is 0 Å². The molecule has 0 aromatic heterocycles. The smallest absolute Gasteiger partial charge is 0.120 e. The van der Waals surface area contributed by atoms with Crippen LogP contribution in [0.25, 0.3) is 0 Å². The van der Waals surface area contributed by atoms with Crippen LogP contribution in [0.5, 0.6) is 5.75 Å². The molecule has 0 unspecified atom stereocenters. The molecular weight excluding hydrogens is 250 g/mol. The highest BCUT2D eigenvalue weighted by molar-refractivity contribution is 5.85.